The van der Waals surface area contributed by atoms with Gasteiger partial charge in [0.2, 0.25) is 5.82 Å². The van der Waals surface area contributed by atoms with Gasteiger partial charge >= 0.3 is 5.69 Å². The van der Waals surface area contributed by atoms with Crippen LogP contribution in [0.15, 0.2) is 12.4 Å². The molecule has 0 N–H and O–H groups in total. The van der Waals surface area contributed by atoms with E-state index in [9.17, 15) is 23.3 Å². The molecule has 0 aromatic carbocycles. The van der Waals surface area contributed by atoms with Crippen LogP contribution >= 0.6 is 0 Å². The van der Waals surface area contributed by atoms with Crippen molar-refractivity contribution in [3.8, 4) is 0 Å². The predicted molar refractivity (Wildman–Crippen MR) is 35.8 cm³/mol. The number of aromatic nitrogens is 1. The molecule has 0 bridgehead atoms. The molecular weight excluding hydrogens is 189 g/mol. The van der Waals surface area contributed by atoms with Crippen molar-refractivity contribution >= 4 is 5.69 Å². The number of rotatable bonds is 2. The average Bonchev–Trinajstić information content (AvgIpc) is 2.03. The maximum atomic E-state index is 12.8. The van der Waals surface area contributed by atoms with Crippen LogP contribution in [-0.4, -0.2) is 9.91 Å². The van der Waals surface area contributed by atoms with Crippen LogP contribution in [0.25, 0.3) is 0 Å². The SMILES string of the molecule is O=[N+]([O-])c1cncc(C(F)F)c1F. The Labute approximate surface area is 70.2 Å². The first-order valence-electron chi connectivity index (χ1n) is 3.10. The highest BCUT2D eigenvalue weighted by Gasteiger charge is 2.23. The van der Waals surface area contributed by atoms with E-state index < -0.39 is 28.4 Å². The monoisotopic (exact) mass is 192 g/mol. The lowest BCUT2D eigenvalue weighted by Gasteiger charge is -1.99. The van der Waals surface area contributed by atoms with Crippen molar-refractivity contribution in [1.29, 1.82) is 0 Å². The largest absolute Gasteiger partial charge is 0.323 e. The van der Waals surface area contributed by atoms with E-state index in [-0.39, 0.29) is 0 Å². The van der Waals surface area contributed by atoms with Gasteiger partial charge in [0, 0.05) is 6.20 Å². The molecule has 0 saturated carbocycles. The quantitative estimate of drug-likeness (QED) is 0.532. The summed E-state index contributed by atoms with van der Waals surface area (Å²) in [6.07, 6.45) is -1.96. The fourth-order valence-corrected chi connectivity index (χ4v) is 0.729. The Bertz CT molecular complexity index is 343. The number of halogens is 3. The van der Waals surface area contributed by atoms with Gasteiger partial charge in [-0.05, 0) is 0 Å². The van der Waals surface area contributed by atoms with Crippen LogP contribution in [0.5, 0.6) is 0 Å². The summed E-state index contributed by atoms with van der Waals surface area (Å²) < 4.78 is 36.7. The summed E-state index contributed by atoms with van der Waals surface area (Å²) in [4.78, 5) is 12.1. The lowest BCUT2D eigenvalue weighted by atomic mass is 10.2. The number of nitro groups is 1. The minimum Gasteiger partial charge on any atom is -0.258 e. The minimum absolute atomic E-state index is 0.562. The summed E-state index contributed by atoms with van der Waals surface area (Å²) in [5.41, 5.74) is -2.10. The molecule has 0 spiro atoms. The first-order chi connectivity index (χ1) is 6.04. The molecule has 0 saturated heterocycles. The van der Waals surface area contributed by atoms with Gasteiger partial charge in [-0.3, -0.25) is 15.1 Å². The van der Waals surface area contributed by atoms with Gasteiger partial charge in [-0.1, -0.05) is 0 Å². The van der Waals surface area contributed by atoms with Crippen LogP contribution in [-0.2, 0) is 0 Å². The molecule has 7 heteroatoms. The summed E-state index contributed by atoms with van der Waals surface area (Å²) in [7, 11) is 0. The smallest absolute Gasteiger partial charge is 0.258 e. The van der Waals surface area contributed by atoms with Gasteiger partial charge < -0.3 is 0 Å². The second-order valence-corrected chi connectivity index (χ2v) is 2.12. The molecule has 0 aliphatic carbocycles. The molecule has 13 heavy (non-hydrogen) atoms. The molecule has 70 valence electrons. The topological polar surface area (TPSA) is 56.0 Å². The molecule has 0 radical (unpaired) electrons. The van der Waals surface area contributed by atoms with E-state index in [1.165, 1.54) is 0 Å². The van der Waals surface area contributed by atoms with Crippen LogP contribution in [0.2, 0.25) is 0 Å². The van der Waals surface area contributed by atoms with E-state index in [1.807, 2.05) is 0 Å². The molecule has 0 amide bonds. The number of nitrogens with zero attached hydrogens (tertiary/aromatic N) is 2. The van der Waals surface area contributed by atoms with Gasteiger partial charge in [-0.25, -0.2) is 8.78 Å². The Balaban J connectivity index is 3.26. The number of pyridine rings is 1. The van der Waals surface area contributed by atoms with Crippen LogP contribution in [0.3, 0.4) is 0 Å². The lowest BCUT2D eigenvalue weighted by molar-refractivity contribution is -0.388. The zero-order valence-electron chi connectivity index (χ0n) is 6.08. The fraction of sp³-hybridized carbons (Fsp3) is 0.167. The number of hydrogen-bond acceptors (Lipinski definition) is 3. The summed E-state index contributed by atoms with van der Waals surface area (Å²) in [6, 6.07) is 0. The van der Waals surface area contributed by atoms with Gasteiger partial charge in [0.1, 0.15) is 6.20 Å². The Morgan fingerprint density at radius 2 is 2.08 bits per heavy atom. The molecule has 4 nitrogen and oxygen atoms in total. The third-order valence-electron chi connectivity index (χ3n) is 1.32. The van der Waals surface area contributed by atoms with Crippen LogP contribution in [0.1, 0.15) is 12.0 Å². The minimum atomic E-state index is -3.10. The zero-order chi connectivity index (χ0) is 10.0. The first-order valence-corrected chi connectivity index (χ1v) is 3.10. The van der Waals surface area contributed by atoms with Gasteiger partial charge in [0.15, 0.2) is 0 Å². The zero-order valence-corrected chi connectivity index (χ0v) is 6.08. The first kappa shape index (κ1) is 9.43. The maximum absolute atomic E-state index is 12.8. The molecule has 0 aliphatic heterocycles. The molecule has 1 rings (SSSR count). The van der Waals surface area contributed by atoms with Crippen molar-refractivity contribution in [2.24, 2.45) is 0 Å². The predicted octanol–water partition coefficient (Wildman–Crippen LogP) is 2.07. The number of alkyl halides is 2. The molecule has 1 heterocycles. The Morgan fingerprint density at radius 1 is 1.46 bits per heavy atom. The van der Waals surface area contributed by atoms with Crippen LogP contribution in [0, 0.1) is 15.9 Å². The molecule has 0 atom stereocenters. The second kappa shape index (κ2) is 3.38. The molecule has 0 aliphatic rings. The maximum Gasteiger partial charge on any atom is 0.323 e. The molecule has 1 aromatic rings. The summed E-state index contributed by atoms with van der Waals surface area (Å²) >= 11 is 0. The van der Waals surface area contributed by atoms with E-state index in [4.69, 9.17) is 0 Å². The standard InChI is InChI=1S/C6H3F3N2O2/c7-5-3(6(8)9)1-10-2-4(5)11(12)13/h1-2,6H. The fourth-order valence-electron chi connectivity index (χ4n) is 0.729. The Hall–Kier alpha value is -1.66. The van der Waals surface area contributed by atoms with E-state index >= 15 is 0 Å². The Morgan fingerprint density at radius 3 is 2.54 bits per heavy atom. The third kappa shape index (κ3) is 1.74. The van der Waals surface area contributed by atoms with E-state index in [0.29, 0.717) is 12.4 Å². The normalized spacial score (nSPS) is 10.5. The van der Waals surface area contributed by atoms with E-state index in [1.54, 1.807) is 0 Å². The molecule has 0 unspecified atom stereocenters. The summed E-state index contributed by atoms with van der Waals surface area (Å²) in [6.45, 7) is 0. The van der Waals surface area contributed by atoms with Crippen molar-refractivity contribution in [2.45, 2.75) is 6.43 Å². The van der Waals surface area contributed by atoms with E-state index in [2.05, 4.69) is 4.98 Å². The second-order valence-electron chi connectivity index (χ2n) is 2.12. The summed E-state index contributed by atoms with van der Waals surface area (Å²) in [5.74, 6) is -1.53. The van der Waals surface area contributed by atoms with Crippen molar-refractivity contribution in [3.05, 3.63) is 33.9 Å². The van der Waals surface area contributed by atoms with Crippen molar-refractivity contribution in [3.63, 3.8) is 0 Å². The van der Waals surface area contributed by atoms with Gasteiger partial charge in [-0.15, -0.1) is 0 Å². The molecule has 1 aromatic heterocycles. The Kier molecular flexibility index (Phi) is 2.45. The highest BCUT2D eigenvalue weighted by Crippen LogP contribution is 2.26. The van der Waals surface area contributed by atoms with E-state index in [0.717, 1.165) is 0 Å². The molecular formula is C6H3F3N2O2. The summed E-state index contributed by atoms with van der Waals surface area (Å²) in [5, 5.41) is 10.1. The van der Waals surface area contributed by atoms with Gasteiger partial charge in [-0.2, -0.15) is 4.39 Å². The molecule has 0 fully saturated rings. The van der Waals surface area contributed by atoms with Crippen molar-refractivity contribution in [2.75, 3.05) is 0 Å². The average molecular weight is 192 g/mol. The highest BCUT2D eigenvalue weighted by atomic mass is 19.3. The van der Waals surface area contributed by atoms with Crippen LogP contribution in [0.4, 0.5) is 18.9 Å². The van der Waals surface area contributed by atoms with Crippen LogP contribution < -0.4 is 0 Å². The van der Waals surface area contributed by atoms with Gasteiger partial charge in [0.25, 0.3) is 6.43 Å². The highest BCUT2D eigenvalue weighted by molar-refractivity contribution is 5.33. The van der Waals surface area contributed by atoms with Gasteiger partial charge in [0.05, 0.1) is 10.5 Å². The van der Waals surface area contributed by atoms with Crippen molar-refractivity contribution in [1.82, 2.24) is 4.98 Å². The lowest BCUT2D eigenvalue weighted by Crippen LogP contribution is -1.99. The third-order valence-corrected chi connectivity index (χ3v) is 1.32. The number of hydrogen-bond donors (Lipinski definition) is 0. The van der Waals surface area contributed by atoms with Crippen molar-refractivity contribution < 1.29 is 18.1 Å².